The van der Waals surface area contributed by atoms with E-state index < -0.39 is 0 Å². The molecule has 4 nitrogen and oxygen atoms in total. The Morgan fingerprint density at radius 3 is 2.74 bits per heavy atom. The molecule has 1 aromatic heterocycles. The lowest BCUT2D eigenvalue weighted by Gasteiger charge is -2.11. The van der Waals surface area contributed by atoms with E-state index in [0.717, 1.165) is 12.8 Å². The molecule has 1 saturated carbocycles. The van der Waals surface area contributed by atoms with Crippen LogP contribution in [0.3, 0.4) is 0 Å². The molecule has 4 heteroatoms. The molecule has 1 fully saturated rings. The summed E-state index contributed by atoms with van der Waals surface area (Å²) in [5, 5.41) is 2.98. The lowest BCUT2D eigenvalue weighted by molar-refractivity contribution is 0.0902. The summed E-state index contributed by atoms with van der Waals surface area (Å²) in [6, 6.07) is 0.185. The van der Waals surface area contributed by atoms with Gasteiger partial charge in [-0.3, -0.25) is 9.59 Å². The molecule has 1 N–H and O–H groups in total. The van der Waals surface area contributed by atoms with E-state index in [1.165, 1.54) is 12.8 Å². The second kappa shape index (κ2) is 4.51. The standard InChI is InChI=1S/C15H19NO3/c1-8-13-11(17)4-3-5-12(13)19-14(8)15(18)16-9(2)10-6-7-10/h9-10H,3-7H2,1-2H3,(H,16,18). The predicted octanol–water partition coefficient (Wildman–Crippen LogP) is 2.64. The molecule has 0 spiro atoms. The molecule has 2 aliphatic rings. The fourth-order valence-corrected chi connectivity index (χ4v) is 2.85. The maximum Gasteiger partial charge on any atom is 0.287 e. The SMILES string of the molecule is Cc1c(C(=O)NC(C)C2CC2)oc2c1C(=O)CCC2. The first-order valence-electron chi connectivity index (χ1n) is 7.04. The van der Waals surface area contributed by atoms with Gasteiger partial charge in [-0.05, 0) is 39.0 Å². The Bertz CT molecular complexity index is 540. The molecule has 0 radical (unpaired) electrons. The van der Waals surface area contributed by atoms with Crippen molar-refractivity contribution in [2.45, 2.75) is 52.0 Å². The van der Waals surface area contributed by atoms with Gasteiger partial charge in [0.2, 0.25) is 0 Å². The zero-order valence-electron chi connectivity index (χ0n) is 11.4. The molecule has 0 saturated heterocycles. The number of furan rings is 1. The van der Waals surface area contributed by atoms with Crippen LogP contribution in [0, 0.1) is 12.8 Å². The van der Waals surface area contributed by atoms with Crippen molar-refractivity contribution in [2.75, 3.05) is 0 Å². The number of Topliss-reactive ketones (excluding diaryl/α,β-unsaturated/α-hetero) is 1. The molecule has 1 amide bonds. The summed E-state index contributed by atoms with van der Waals surface area (Å²) >= 11 is 0. The van der Waals surface area contributed by atoms with E-state index in [1.54, 1.807) is 0 Å². The van der Waals surface area contributed by atoms with Crippen molar-refractivity contribution < 1.29 is 14.0 Å². The minimum Gasteiger partial charge on any atom is -0.455 e. The van der Waals surface area contributed by atoms with Crippen molar-refractivity contribution in [3.05, 3.63) is 22.6 Å². The van der Waals surface area contributed by atoms with Gasteiger partial charge in [-0.15, -0.1) is 0 Å². The van der Waals surface area contributed by atoms with Gasteiger partial charge in [0.05, 0.1) is 5.56 Å². The van der Waals surface area contributed by atoms with Crippen LogP contribution in [0.4, 0.5) is 0 Å². The van der Waals surface area contributed by atoms with Crippen LogP contribution in [0.2, 0.25) is 0 Å². The van der Waals surface area contributed by atoms with Gasteiger partial charge in [0.15, 0.2) is 11.5 Å². The van der Waals surface area contributed by atoms with Gasteiger partial charge in [-0.1, -0.05) is 0 Å². The Morgan fingerprint density at radius 2 is 2.11 bits per heavy atom. The monoisotopic (exact) mass is 261 g/mol. The Labute approximate surface area is 112 Å². The van der Waals surface area contributed by atoms with Crippen molar-refractivity contribution in [3.8, 4) is 0 Å². The second-order valence-electron chi connectivity index (χ2n) is 5.73. The number of rotatable bonds is 3. The van der Waals surface area contributed by atoms with Crippen LogP contribution in [0.5, 0.6) is 0 Å². The van der Waals surface area contributed by atoms with Gasteiger partial charge in [-0.2, -0.15) is 0 Å². The van der Waals surface area contributed by atoms with E-state index in [4.69, 9.17) is 4.42 Å². The highest BCUT2D eigenvalue weighted by Gasteiger charge is 2.32. The van der Waals surface area contributed by atoms with E-state index in [2.05, 4.69) is 5.32 Å². The largest absolute Gasteiger partial charge is 0.455 e. The van der Waals surface area contributed by atoms with Gasteiger partial charge in [0.1, 0.15) is 5.76 Å². The number of ketones is 1. The zero-order valence-corrected chi connectivity index (χ0v) is 11.4. The molecule has 0 aliphatic heterocycles. The summed E-state index contributed by atoms with van der Waals surface area (Å²) in [5.41, 5.74) is 1.36. The molecular weight excluding hydrogens is 242 g/mol. The van der Waals surface area contributed by atoms with Crippen molar-refractivity contribution in [1.82, 2.24) is 5.32 Å². The molecule has 1 aromatic rings. The first-order chi connectivity index (χ1) is 9.08. The average Bonchev–Trinajstić information content (AvgIpc) is 3.15. The van der Waals surface area contributed by atoms with Crippen LogP contribution in [0.1, 0.15) is 64.8 Å². The van der Waals surface area contributed by atoms with E-state index in [9.17, 15) is 9.59 Å². The Balaban J connectivity index is 1.84. The third kappa shape index (κ3) is 2.20. The number of fused-ring (bicyclic) bond motifs is 1. The third-order valence-electron chi connectivity index (χ3n) is 4.20. The topological polar surface area (TPSA) is 59.3 Å². The van der Waals surface area contributed by atoms with Crippen molar-refractivity contribution >= 4 is 11.7 Å². The summed E-state index contributed by atoms with van der Waals surface area (Å²) in [6.07, 6.45) is 4.51. The maximum absolute atomic E-state index is 12.2. The Morgan fingerprint density at radius 1 is 1.37 bits per heavy atom. The van der Waals surface area contributed by atoms with Gasteiger partial charge in [0.25, 0.3) is 5.91 Å². The van der Waals surface area contributed by atoms with Crippen LogP contribution in [0.25, 0.3) is 0 Å². The predicted molar refractivity (Wildman–Crippen MR) is 70.4 cm³/mol. The fourth-order valence-electron chi connectivity index (χ4n) is 2.85. The van der Waals surface area contributed by atoms with Gasteiger partial charge in [0, 0.05) is 24.4 Å². The molecule has 0 aromatic carbocycles. The lowest BCUT2D eigenvalue weighted by atomic mass is 9.94. The minimum absolute atomic E-state index is 0.108. The van der Waals surface area contributed by atoms with Crippen LogP contribution in [-0.4, -0.2) is 17.7 Å². The van der Waals surface area contributed by atoms with E-state index in [0.29, 0.717) is 35.0 Å². The number of hydrogen-bond donors (Lipinski definition) is 1. The van der Waals surface area contributed by atoms with E-state index >= 15 is 0 Å². The van der Waals surface area contributed by atoms with Crippen molar-refractivity contribution in [2.24, 2.45) is 5.92 Å². The first kappa shape index (κ1) is 12.5. The lowest BCUT2D eigenvalue weighted by Crippen LogP contribution is -2.34. The minimum atomic E-state index is -0.181. The maximum atomic E-state index is 12.2. The number of carbonyl (C=O) groups is 2. The molecule has 19 heavy (non-hydrogen) atoms. The van der Waals surface area contributed by atoms with E-state index in [1.807, 2.05) is 13.8 Å². The Hall–Kier alpha value is -1.58. The van der Waals surface area contributed by atoms with Crippen molar-refractivity contribution in [1.29, 1.82) is 0 Å². The fraction of sp³-hybridized carbons (Fsp3) is 0.600. The summed E-state index contributed by atoms with van der Waals surface area (Å²) < 4.78 is 5.64. The molecule has 3 rings (SSSR count). The van der Waals surface area contributed by atoms with Gasteiger partial charge in [-0.25, -0.2) is 0 Å². The summed E-state index contributed by atoms with van der Waals surface area (Å²) in [5.74, 6) is 1.55. The van der Waals surface area contributed by atoms with E-state index in [-0.39, 0.29) is 17.7 Å². The highest BCUT2D eigenvalue weighted by Crippen LogP contribution is 2.33. The number of nitrogens with one attached hydrogen (secondary N) is 1. The molecule has 0 bridgehead atoms. The number of aryl methyl sites for hydroxylation is 1. The number of hydrogen-bond acceptors (Lipinski definition) is 3. The first-order valence-corrected chi connectivity index (χ1v) is 7.04. The molecule has 1 unspecified atom stereocenters. The van der Waals surface area contributed by atoms with Gasteiger partial charge < -0.3 is 9.73 Å². The smallest absolute Gasteiger partial charge is 0.287 e. The van der Waals surface area contributed by atoms with Crippen molar-refractivity contribution in [3.63, 3.8) is 0 Å². The van der Waals surface area contributed by atoms with Crippen LogP contribution in [0.15, 0.2) is 4.42 Å². The van der Waals surface area contributed by atoms with Crippen LogP contribution in [-0.2, 0) is 6.42 Å². The summed E-state index contributed by atoms with van der Waals surface area (Å²) in [6.45, 7) is 3.83. The molecule has 102 valence electrons. The zero-order chi connectivity index (χ0) is 13.6. The number of amides is 1. The highest BCUT2D eigenvalue weighted by molar-refractivity contribution is 6.03. The molecule has 1 atom stereocenters. The summed E-state index contributed by atoms with van der Waals surface area (Å²) in [4.78, 5) is 24.1. The third-order valence-corrected chi connectivity index (χ3v) is 4.20. The molecule has 2 aliphatic carbocycles. The molecular formula is C15H19NO3. The summed E-state index contributed by atoms with van der Waals surface area (Å²) in [7, 11) is 0. The van der Waals surface area contributed by atoms with Crippen LogP contribution < -0.4 is 5.32 Å². The molecule has 1 heterocycles. The number of carbonyl (C=O) groups excluding carboxylic acids is 2. The van der Waals surface area contributed by atoms with Crippen LogP contribution >= 0.6 is 0 Å². The average molecular weight is 261 g/mol. The second-order valence-corrected chi connectivity index (χ2v) is 5.73. The Kier molecular flexibility index (Phi) is 2.96. The normalized spacial score (nSPS) is 20.0. The highest BCUT2D eigenvalue weighted by atomic mass is 16.4. The quantitative estimate of drug-likeness (QED) is 0.910. The van der Waals surface area contributed by atoms with Gasteiger partial charge >= 0.3 is 0 Å².